The highest BCUT2D eigenvalue weighted by Gasteiger charge is 2.46. The van der Waals surface area contributed by atoms with Crippen LogP contribution in [0.1, 0.15) is 31.7 Å². The summed E-state index contributed by atoms with van der Waals surface area (Å²) in [6.45, 7) is 4.00. The van der Waals surface area contributed by atoms with Gasteiger partial charge in [0.05, 0.1) is 14.2 Å². The van der Waals surface area contributed by atoms with Crippen LogP contribution in [0.4, 0.5) is 0 Å². The van der Waals surface area contributed by atoms with E-state index in [2.05, 4.69) is 0 Å². The number of methoxy groups -OCH3 is 1. The van der Waals surface area contributed by atoms with Crippen molar-refractivity contribution in [3.63, 3.8) is 0 Å². The average molecular weight is 265 g/mol. The standard InChI is InChI=1S/C13H17NO3.C2H6/c1-14(17-3)13(15)11-8-10(11)9-6-4-5-7-12(9)16-2;1-2/h4-7,10-11H,8H2,1-3H3;1-2H3. The van der Waals surface area contributed by atoms with Gasteiger partial charge in [0, 0.05) is 13.0 Å². The number of carbonyl (C=O) groups excluding carboxylic acids is 1. The average Bonchev–Trinajstić information content (AvgIpc) is 3.28. The molecule has 0 N–H and O–H groups in total. The second-order valence-corrected chi connectivity index (χ2v) is 4.21. The van der Waals surface area contributed by atoms with Crippen LogP contribution in [-0.2, 0) is 9.63 Å². The lowest BCUT2D eigenvalue weighted by Crippen LogP contribution is -2.27. The summed E-state index contributed by atoms with van der Waals surface area (Å²) >= 11 is 0. The van der Waals surface area contributed by atoms with Gasteiger partial charge in [0.25, 0.3) is 0 Å². The van der Waals surface area contributed by atoms with E-state index in [0.29, 0.717) is 0 Å². The van der Waals surface area contributed by atoms with Crippen LogP contribution in [0.15, 0.2) is 24.3 Å². The van der Waals surface area contributed by atoms with Crippen molar-refractivity contribution in [3.8, 4) is 5.75 Å². The Bertz CT molecular complexity index is 420. The number of hydrogen-bond donors (Lipinski definition) is 0. The van der Waals surface area contributed by atoms with Crippen molar-refractivity contribution in [2.24, 2.45) is 5.92 Å². The van der Waals surface area contributed by atoms with E-state index in [-0.39, 0.29) is 17.7 Å². The smallest absolute Gasteiger partial charge is 0.249 e. The number of para-hydroxylation sites is 1. The normalized spacial score (nSPS) is 20.1. The second-order valence-electron chi connectivity index (χ2n) is 4.21. The van der Waals surface area contributed by atoms with E-state index in [4.69, 9.17) is 9.57 Å². The summed E-state index contributed by atoms with van der Waals surface area (Å²) in [5.41, 5.74) is 1.11. The van der Waals surface area contributed by atoms with Gasteiger partial charge in [-0.15, -0.1) is 0 Å². The molecule has 0 radical (unpaired) electrons. The molecule has 1 saturated carbocycles. The molecule has 19 heavy (non-hydrogen) atoms. The van der Waals surface area contributed by atoms with Gasteiger partial charge in [0.1, 0.15) is 5.75 Å². The Balaban J connectivity index is 0.000000861. The molecule has 0 spiro atoms. The van der Waals surface area contributed by atoms with Crippen LogP contribution in [0.25, 0.3) is 0 Å². The second kappa shape index (κ2) is 7.14. The molecule has 0 heterocycles. The minimum atomic E-state index is 0.0243. The first-order chi connectivity index (χ1) is 9.19. The number of amides is 1. The van der Waals surface area contributed by atoms with Crippen molar-refractivity contribution < 1.29 is 14.4 Å². The fourth-order valence-corrected chi connectivity index (χ4v) is 2.11. The molecule has 4 heteroatoms. The topological polar surface area (TPSA) is 38.8 Å². The summed E-state index contributed by atoms with van der Waals surface area (Å²) in [5, 5.41) is 1.29. The van der Waals surface area contributed by atoms with Crippen molar-refractivity contribution in [2.45, 2.75) is 26.2 Å². The zero-order chi connectivity index (χ0) is 14.4. The largest absolute Gasteiger partial charge is 0.496 e. The maximum absolute atomic E-state index is 11.9. The molecule has 1 amide bonds. The molecule has 4 nitrogen and oxygen atoms in total. The lowest BCUT2D eigenvalue weighted by atomic mass is 10.1. The molecular weight excluding hydrogens is 242 g/mol. The maximum atomic E-state index is 11.9. The third-order valence-electron chi connectivity index (χ3n) is 3.23. The third-order valence-corrected chi connectivity index (χ3v) is 3.23. The van der Waals surface area contributed by atoms with Gasteiger partial charge < -0.3 is 4.74 Å². The van der Waals surface area contributed by atoms with Gasteiger partial charge >= 0.3 is 0 Å². The maximum Gasteiger partial charge on any atom is 0.249 e. The molecule has 0 bridgehead atoms. The molecule has 106 valence electrons. The molecule has 1 aromatic rings. The van der Waals surface area contributed by atoms with Gasteiger partial charge in [-0.3, -0.25) is 9.63 Å². The van der Waals surface area contributed by atoms with E-state index in [1.807, 2.05) is 38.1 Å². The molecule has 1 aliphatic carbocycles. The fourth-order valence-electron chi connectivity index (χ4n) is 2.11. The number of carbonyl (C=O) groups is 1. The third kappa shape index (κ3) is 3.47. The first-order valence-electron chi connectivity index (χ1n) is 6.63. The predicted octanol–water partition coefficient (Wildman–Crippen LogP) is 2.84. The SMILES string of the molecule is CC.COc1ccccc1C1CC1C(=O)N(C)OC. The Morgan fingerprint density at radius 1 is 1.26 bits per heavy atom. The predicted molar refractivity (Wildman–Crippen MR) is 75.0 cm³/mol. The van der Waals surface area contributed by atoms with E-state index < -0.39 is 0 Å². The van der Waals surface area contributed by atoms with Gasteiger partial charge in [-0.05, 0) is 24.0 Å². The molecule has 2 unspecified atom stereocenters. The Hall–Kier alpha value is -1.55. The highest BCUT2D eigenvalue weighted by Crippen LogP contribution is 2.51. The van der Waals surface area contributed by atoms with E-state index in [1.54, 1.807) is 14.2 Å². The number of hydrogen-bond acceptors (Lipinski definition) is 3. The monoisotopic (exact) mass is 265 g/mol. The summed E-state index contributed by atoms with van der Waals surface area (Å²) in [7, 11) is 4.79. The zero-order valence-corrected chi connectivity index (χ0v) is 12.3. The van der Waals surface area contributed by atoms with Crippen molar-refractivity contribution in [3.05, 3.63) is 29.8 Å². The van der Waals surface area contributed by atoms with Crippen molar-refractivity contribution >= 4 is 5.91 Å². The van der Waals surface area contributed by atoms with Crippen LogP contribution >= 0.6 is 0 Å². The van der Waals surface area contributed by atoms with Crippen molar-refractivity contribution in [1.82, 2.24) is 5.06 Å². The fraction of sp³-hybridized carbons (Fsp3) is 0.533. The number of rotatable bonds is 4. The summed E-state index contributed by atoms with van der Waals surface area (Å²) in [6.07, 6.45) is 0.868. The molecule has 0 saturated heterocycles. The first kappa shape index (κ1) is 15.5. The molecular formula is C15H23NO3. The lowest BCUT2D eigenvalue weighted by Gasteiger charge is -2.13. The van der Waals surface area contributed by atoms with Gasteiger partial charge in [-0.1, -0.05) is 32.0 Å². The number of benzene rings is 1. The Morgan fingerprint density at radius 2 is 1.89 bits per heavy atom. The summed E-state index contributed by atoms with van der Waals surface area (Å²) < 4.78 is 5.31. The Labute approximate surface area is 115 Å². The molecule has 0 aromatic heterocycles. The summed E-state index contributed by atoms with van der Waals surface area (Å²) in [6, 6.07) is 7.85. The van der Waals surface area contributed by atoms with Crippen LogP contribution < -0.4 is 4.74 Å². The van der Waals surface area contributed by atoms with Crippen LogP contribution in [0.5, 0.6) is 5.75 Å². The number of ether oxygens (including phenoxy) is 1. The van der Waals surface area contributed by atoms with E-state index in [0.717, 1.165) is 17.7 Å². The van der Waals surface area contributed by atoms with Gasteiger partial charge in [-0.25, -0.2) is 5.06 Å². The van der Waals surface area contributed by atoms with Gasteiger partial charge in [0.15, 0.2) is 0 Å². The lowest BCUT2D eigenvalue weighted by molar-refractivity contribution is -0.170. The number of hydroxylamine groups is 2. The molecule has 1 aliphatic rings. The Morgan fingerprint density at radius 3 is 2.47 bits per heavy atom. The zero-order valence-electron chi connectivity index (χ0n) is 12.3. The highest BCUT2D eigenvalue weighted by atomic mass is 16.7. The molecule has 2 rings (SSSR count). The van der Waals surface area contributed by atoms with Crippen molar-refractivity contribution in [2.75, 3.05) is 21.3 Å². The van der Waals surface area contributed by atoms with E-state index in [1.165, 1.54) is 12.2 Å². The highest BCUT2D eigenvalue weighted by molar-refractivity contribution is 5.82. The van der Waals surface area contributed by atoms with Crippen LogP contribution in [-0.4, -0.2) is 32.2 Å². The first-order valence-corrected chi connectivity index (χ1v) is 6.63. The summed E-state index contributed by atoms with van der Waals surface area (Å²) in [5.74, 6) is 1.17. The quantitative estimate of drug-likeness (QED) is 0.786. The van der Waals surface area contributed by atoms with Crippen LogP contribution in [0.3, 0.4) is 0 Å². The minimum Gasteiger partial charge on any atom is -0.496 e. The van der Waals surface area contributed by atoms with Crippen molar-refractivity contribution in [1.29, 1.82) is 0 Å². The van der Waals surface area contributed by atoms with E-state index >= 15 is 0 Å². The molecule has 0 aliphatic heterocycles. The minimum absolute atomic E-state index is 0.0243. The van der Waals surface area contributed by atoms with Crippen LogP contribution in [0, 0.1) is 5.92 Å². The van der Waals surface area contributed by atoms with Gasteiger partial charge in [-0.2, -0.15) is 0 Å². The summed E-state index contributed by atoms with van der Waals surface area (Å²) in [4.78, 5) is 16.8. The molecule has 2 atom stereocenters. The van der Waals surface area contributed by atoms with E-state index in [9.17, 15) is 4.79 Å². The number of nitrogens with zero attached hydrogens (tertiary/aromatic N) is 1. The van der Waals surface area contributed by atoms with Crippen LogP contribution in [0.2, 0.25) is 0 Å². The van der Waals surface area contributed by atoms with Gasteiger partial charge in [0.2, 0.25) is 5.91 Å². The Kier molecular flexibility index (Phi) is 5.83. The molecule has 1 aromatic carbocycles. The molecule has 1 fully saturated rings.